The van der Waals surface area contributed by atoms with Crippen molar-refractivity contribution >= 4 is 17.4 Å². The van der Waals surface area contributed by atoms with E-state index in [-0.39, 0.29) is 11.6 Å². The topological polar surface area (TPSA) is 93.2 Å². The molecule has 1 unspecified atom stereocenters. The van der Waals surface area contributed by atoms with Crippen molar-refractivity contribution in [3.63, 3.8) is 0 Å². The van der Waals surface area contributed by atoms with Crippen LogP contribution in [0.2, 0.25) is 5.02 Å². The lowest BCUT2D eigenvalue weighted by molar-refractivity contribution is -0.389. The fourth-order valence-corrected chi connectivity index (χ4v) is 1.42. The summed E-state index contributed by atoms with van der Waals surface area (Å²) in [6, 6.07) is 0. The average Bonchev–Trinajstić information content (AvgIpc) is 2.56. The van der Waals surface area contributed by atoms with Gasteiger partial charge in [0.05, 0.1) is 23.9 Å². The van der Waals surface area contributed by atoms with Crippen LogP contribution in [0.5, 0.6) is 0 Å². The largest absolute Gasteiger partial charge is 0.408 e. The van der Waals surface area contributed by atoms with E-state index in [2.05, 4.69) is 10.4 Å². The molecule has 1 atom stereocenters. The Bertz CT molecular complexity index is 368. The second-order valence-electron chi connectivity index (χ2n) is 3.24. The van der Waals surface area contributed by atoms with E-state index in [1.807, 2.05) is 6.92 Å². The molecule has 0 spiro atoms. The van der Waals surface area contributed by atoms with Crippen LogP contribution in [-0.4, -0.2) is 39.0 Å². The maximum Gasteiger partial charge on any atom is 0.408 e. The molecule has 1 rings (SSSR count). The molecule has 0 aliphatic heterocycles. The summed E-state index contributed by atoms with van der Waals surface area (Å²) in [6.07, 6.45) is 0.671. The molecule has 0 aliphatic carbocycles. The summed E-state index contributed by atoms with van der Waals surface area (Å²) < 4.78 is 1.27. The lowest BCUT2D eigenvalue weighted by Crippen LogP contribution is -2.30. The van der Waals surface area contributed by atoms with Gasteiger partial charge in [-0.15, -0.1) is 0 Å². The zero-order valence-electron chi connectivity index (χ0n) is 8.76. The second-order valence-corrected chi connectivity index (χ2v) is 3.65. The summed E-state index contributed by atoms with van der Waals surface area (Å²) in [5.74, 6) is -0.391. The Balaban J connectivity index is 2.60. The van der Waals surface area contributed by atoms with Crippen LogP contribution < -0.4 is 5.32 Å². The van der Waals surface area contributed by atoms with Crippen LogP contribution in [0.4, 0.5) is 5.82 Å². The van der Waals surface area contributed by atoms with E-state index in [9.17, 15) is 15.2 Å². The first kappa shape index (κ1) is 12.9. The summed E-state index contributed by atoms with van der Waals surface area (Å²) in [4.78, 5) is 9.81. The highest BCUT2D eigenvalue weighted by molar-refractivity contribution is 6.32. The van der Waals surface area contributed by atoms with Gasteiger partial charge in [-0.05, 0) is 11.5 Å². The number of aromatic nitrogens is 2. The van der Waals surface area contributed by atoms with Crippen molar-refractivity contribution in [3.05, 3.63) is 21.3 Å². The highest BCUT2D eigenvalue weighted by atomic mass is 35.5. The molecule has 8 heteroatoms. The van der Waals surface area contributed by atoms with Crippen molar-refractivity contribution in [1.29, 1.82) is 0 Å². The number of aliphatic hydroxyl groups excluding tert-OH is 1. The number of aliphatic hydroxyl groups is 1. The highest BCUT2D eigenvalue weighted by Crippen LogP contribution is 2.21. The molecule has 0 radical (unpaired) electrons. The van der Waals surface area contributed by atoms with Gasteiger partial charge in [-0.3, -0.25) is 0 Å². The molecule has 0 amide bonds. The molecule has 0 fully saturated rings. The van der Waals surface area contributed by atoms with Gasteiger partial charge in [-0.2, -0.15) is 4.68 Å². The first-order valence-electron chi connectivity index (χ1n) is 4.80. The lowest BCUT2D eigenvalue weighted by atomic mass is 10.3. The molecule has 1 aromatic rings. The standard InChI is InChI=1S/C8H13ClN4O3/c1-2-10-3-6(14)4-12-5-7(9)8(11-12)13(15)16/h5-6,10,14H,2-4H2,1H3. The van der Waals surface area contributed by atoms with Crippen molar-refractivity contribution in [2.24, 2.45) is 0 Å². The van der Waals surface area contributed by atoms with Crippen LogP contribution >= 0.6 is 11.6 Å². The molecule has 0 aliphatic rings. The summed E-state index contributed by atoms with van der Waals surface area (Å²) in [5.41, 5.74) is 0. The molecule has 1 heterocycles. The molecular formula is C8H13ClN4O3. The maximum atomic E-state index is 10.5. The van der Waals surface area contributed by atoms with Crippen molar-refractivity contribution in [2.45, 2.75) is 19.6 Å². The number of nitrogens with zero attached hydrogens (tertiary/aromatic N) is 3. The Hall–Kier alpha value is -1.18. The van der Waals surface area contributed by atoms with Crippen LogP contribution in [0, 0.1) is 10.1 Å². The maximum absolute atomic E-state index is 10.5. The van der Waals surface area contributed by atoms with Gasteiger partial charge in [0.25, 0.3) is 0 Å². The first-order valence-corrected chi connectivity index (χ1v) is 5.18. The molecule has 16 heavy (non-hydrogen) atoms. The minimum Gasteiger partial charge on any atom is -0.390 e. The smallest absolute Gasteiger partial charge is 0.390 e. The third-order valence-electron chi connectivity index (χ3n) is 1.90. The van der Waals surface area contributed by atoms with Crippen molar-refractivity contribution in [2.75, 3.05) is 13.1 Å². The predicted molar refractivity (Wildman–Crippen MR) is 58.4 cm³/mol. The number of nitrogens with one attached hydrogen (secondary N) is 1. The molecule has 0 bridgehead atoms. The van der Waals surface area contributed by atoms with Gasteiger partial charge in [-0.1, -0.05) is 18.5 Å². The predicted octanol–water partition coefficient (Wildman–Crippen LogP) is 0.415. The monoisotopic (exact) mass is 248 g/mol. The fraction of sp³-hybridized carbons (Fsp3) is 0.625. The van der Waals surface area contributed by atoms with E-state index in [1.165, 1.54) is 10.9 Å². The SMILES string of the molecule is CCNCC(O)Cn1cc(Cl)c([N+](=O)[O-])n1. The molecule has 90 valence electrons. The summed E-state index contributed by atoms with van der Waals surface area (Å²) in [5, 5.41) is 26.6. The Morgan fingerprint density at radius 2 is 2.50 bits per heavy atom. The average molecular weight is 249 g/mol. The molecular weight excluding hydrogens is 236 g/mol. The number of nitro groups is 1. The second kappa shape index (κ2) is 5.78. The number of hydrogen-bond donors (Lipinski definition) is 2. The zero-order valence-corrected chi connectivity index (χ0v) is 9.52. The molecule has 1 aromatic heterocycles. The quantitative estimate of drug-likeness (QED) is 0.562. The zero-order chi connectivity index (χ0) is 12.1. The van der Waals surface area contributed by atoms with Gasteiger partial charge in [0, 0.05) is 6.54 Å². The first-order chi connectivity index (χ1) is 7.54. The minimum atomic E-state index is -0.657. The third kappa shape index (κ3) is 3.44. The van der Waals surface area contributed by atoms with E-state index in [4.69, 9.17) is 11.6 Å². The van der Waals surface area contributed by atoms with Gasteiger partial charge in [0.2, 0.25) is 0 Å². The van der Waals surface area contributed by atoms with Crippen molar-refractivity contribution < 1.29 is 10.0 Å². The lowest BCUT2D eigenvalue weighted by Gasteiger charge is -2.08. The molecule has 0 saturated carbocycles. The van der Waals surface area contributed by atoms with Gasteiger partial charge in [0.15, 0.2) is 5.02 Å². The Kier molecular flexibility index (Phi) is 4.66. The molecule has 7 nitrogen and oxygen atoms in total. The molecule has 0 aromatic carbocycles. The van der Waals surface area contributed by atoms with E-state index < -0.39 is 16.8 Å². The van der Waals surface area contributed by atoms with Gasteiger partial charge in [0.1, 0.15) is 0 Å². The Labute approximate surface area is 97.2 Å². The van der Waals surface area contributed by atoms with E-state index in [0.717, 1.165) is 6.54 Å². The summed E-state index contributed by atoms with van der Waals surface area (Å²) in [7, 11) is 0. The van der Waals surface area contributed by atoms with Crippen LogP contribution in [0.25, 0.3) is 0 Å². The van der Waals surface area contributed by atoms with Crippen molar-refractivity contribution in [3.8, 4) is 0 Å². The number of likely N-dealkylation sites (N-methyl/N-ethyl adjacent to an activating group) is 1. The number of halogens is 1. The van der Waals surface area contributed by atoms with Crippen LogP contribution in [0.15, 0.2) is 6.20 Å². The van der Waals surface area contributed by atoms with Gasteiger partial charge < -0.3 is 20.5 Å². The number of rotatable bonds is 6. The van der Waals surface area contributed by atoms with E-state index >= 15 is 0 Å². The van der Waals surface area contributed by atoms with Gasteiger partial charge in [-0.25, -0.2) is 0 Å². The van der Waals surface area contributed by atoms with Crippen LogP contribution in [0.1, 0.15) is 6.92 Å². The van der Waals surface area contributed by atoms with Crippen molar-refractivity contribution in [1.82, 2.24) is 15.1 Å². The Morgan fingerprint density at radius 3 is 3.00 bits per heavy atom. The highest BCUT2D eigenvalue weighted by Gasteiger charge is 2.20. The van der Waals surface area contributed by atoms with Crippen LogP contribution in [0.3, 0.4) is 0 Å². The van der Waals surface area contributed by atoms with E-state index in [0.29, 0.717) is 6.54 Å². The molecule has 0 saturated heterocycles. The Morgan fingerprint density at radius 1 is 1.81 bits per heavy atom. The summed E-state index contributed by atoms with van der Waals surface area (Å²) in [6.45, 7) is 3.24. The minimum absolute atomic E-state index is 0.0272. The summed E-state index contributed by atoms with van der Waals surface area (Å²) >= 11 is 5.61. The van der Waals surface area contributed by atoms with Gasteiger partial charge >= 0.3 is 5.82 Å². The normalized spacial score (nSPS) is 12.7. The number of hydrogen-bond acceptors (Lipinski definition) is 5. The third-order valence-corrected chi connectivity index (χ3v) is 2.17. The fourth-order valence-electron chi connectivity index (χ4n) is 1.20. The molecule has 2 N–H and O–H groups in total. The van der Waals surface area contributed by atoms with E-state index in [1.54, 1.807) is 0 Å². The van der Waals surface area contributed by atoms with Crippen LogP contribution in [-0.2, 0) is 6.54 Å².